The molecule has 0 atom stereocenters. The standard InChI is InChI=1S/C18H13NOS/c20-17(15-7-2-1-3-8-15)11-10-14-6-4-5-9-16(14)18-19-12-13-21-18/h1-13H. The summed E-state index contributed by atoms with van der Waals surface area (Å²) in [5.41, 5.74) is 2.74. The molecule has 1 heterocycles. The number of nitrogens with zero attached hydrogens (tertiary/aromatic N) is 1. The number of carbonyl (C=O) groups is 1. The SMILES string of the molecule is O=C(C=Cc1ccccc1-c1nccs1)c1ccccc1. The van der Waals surface area contributed by atoms with E-state index in [4.69, 9.17) is 0 Å². The van der Waals surface area contributed by atoms with Gasteiger partial charge in [0.2, 0.25) is 0 Å². The summed E-state index contributed by atoms with van der Waals surface area (Å²) in [5.74, 6) is 0.00421. The van der Waals surface area contributed by atoms with Crippen LogP contribution in [0.15, 0.2) is 72.3 Å². The van der Waals surface area contributed by atoms with Gasteiger partial charge in [0.05, 0.1) is 0 Å². The molecule has 0 bridgehead atoms. The molecule has 0 radical (unpaired) electrons. The van der Waals surface area contributed by atoms with Crippen molar-refractivity contribution in [3.63, 3.8) is 0 Å². The molecule has 3 heteroatoms. The molecule has 3 aromatic rings. The average molecular weight is 291 g/mol. The van der Waals surface area contributed by atoms with Crippen molar-refractivity contribution in [1.29, 1.82) is 0 Å². The molecule has 0 amide bonds. The summed E-state index contributed by atoms with van der Waals surface area (Å²) in [7, 11) is 0. The molecule has 0 N–H and O–H groups in total. The van der Waals surface area contributed by atoms with Gasteiger partial charge in [-0.3, -0.25) is 4.79 Å². The van der Waals surface area contributed by atoms with Gasteiger partial charge in [-0.15, -0.1) is 11.3 Å². The zero-order valence-electron chi connectivity index (χ0n) is 11.3. The molecule has 0 aliphatic heterocycles. The van der Waals surface area contributed by atoms with Gasteiger partial charge in [-0.25, -0.2) is 4.98 Å². The lowest BCUT2D eigenvalue weighted by Crippen LogP contribution is -1.93. The van der Waals surface area contributed by atoms with Crippen LogP contribution >= 0.6 is 11.3 Å². The fourth-order valence-electron chi connectivity index (χ4n) is 2.06. The van der Waals surface area contributed by atoms with Crippen molar-refractivity contribution < 1.29 is 4.79 Å². The minimum absolute atomic E-state index is 0.00421. The quantitative estimate of drug-likeness (QED) is 0.515. The number of rotatable bonds is 4. The van der Waals surface area contributed by atoms with Crippen LogP contribution in [0.5, 0.6) is 0 Å². The Kier molecular flexibility index (Phi) is 4.03. The fourth-order valence-corrected chi connectivity index (χ4v) is 2.74. The molecule has 1 aromatic heterocycles. The number of carbonyl (C=O) groups excluding carboxylic acids is 1. The number of hydrogen-bond acceptors (Lipinski definition) is 3. The minimum Gasteiger partial charge on any atom is -0.289 e. The van der Waals surface area contributed by atoms with Crippen LogP contribution < -0.4 is 0 Å². The lowest BCUT2D eigenvalue weighted by molar-refractivity contribution is 0.104. The first-order valence-corrected chi connectivity index (χ1v) is 7.49. The summed E-state index contributed by atoms with van der Waals surface area (Å²) in [5, 5.41) is 2.91. The second-order valence-corrected chi connectivity index (χ2v) is 5.38. The Bertz CT molecular complexity index is 761. The number of ketones is 1. The Morgan fingerprint density at radius 1 is 1.00 bits per heavy atom. The highest BCUT2D eigenvalue weighted by Gasteiger charge is 2.05. The first-order valence-electron chi connectivity index (χ1n) is 6.61. The summed E-state index contributed by atoms with van der Waals surface area (Å²) < 4.78 is 0. The highest BCUT2D eigenvalue weighted by Crippen LogP contribution is 2.26. The lowest BCUT2D eigenvalue weighted by Gasteiger charge is -2.02. The van der Waals surface area contributed by atoms with E-state index in [1.807, 2.05) is 66.1 Å². The molecule has 0 spiro atoms. The Hall–Kier alpha value is -2.52. The second-order valence-electron chi connectivity index (χ2n) is 4.49. The minimum atomic E-state index is 0.00421. The fraction of sp³-hybridized carbons (Fsp3) is 0. The van der Waals surface area contributed by atoms with Gasteiger partial charge < -0.3 is 0 Å². The maximum atomic E-state index is 12.1. The van der Waals surface area contributed by atoms with Crippen LogP contribution in [0.3, 0.4) is 0 Å². The molecule has 102 valence electrons. The van der Waals surface area contributed by atoms with E-state index in [2.05, 4.69) is 4.98 Å². The van der Waals surface area contributed by atoms with Crippen molar-refractivity contribution in [2.24, 2.45) is 0 Å². The number of aromatic nitrogens is 1. The molecule has 3 rings (SSSR count). The molecule has 0 saturated heterocycles. The van der Waals surface area contributed by atoms with E-state index in [0.717, 1.165) is 16.1 Å². The molecular formula is C18H13NOS. The Labute approximate surface area is 127 Å². The van der Waals surface area contributed by atoms with Gasteiger partial charge >= 0.3 is 0 Å². The average Bonchev–Trinajstić information content (AvgIpc) is 3.08. The van der Waals surface area contributed by atoms with Gasteiger partial charge in [-0.2, -0.15) is 0 Å². The topological polar surface area (TPSA) is 30.0 Å². The monoisotopic (exact) mass is 291 g/mol. The van der Waals surface area contributed by atoms with Crippen molar-refractivity contribution in [1.82, 2.24) is 4.98 Å². The van der Waals surface area contributed by atoms with E-state index >= 15 is 0 Å². The summed E-state index contributed by atoms with van der Waals surface area (Å²) in [4.78, 5) is 16.4. The van der Waals surface area contributed by atoms with Crippen LogP contribution in [-0.2, 0) is 0 Å². The third-order valence-corrected chi connectivity index (χ3v) is 3.90. The lowest BCUT2D eigenvalue weighted by atomic mass is 10.1. The van der Waals surface area contributed by atoms with Crippen molar-refractivity contribution >= 4 is 23.2 Å². The van der Waals surface area contributed by atoms with Crippen molar-refractivity contribution in [2.75, 3.05) is 0 Å². The first kappa shape index (κ1) is 13.5. The van der Waals surface area contributed by atoms with Gasteiger partial charge in [0.25, 0.3) is 0 Å². The summed E-state index contributed by atoms with van der Waals surface area (Å²) >= 11 is 1.59. The van der Waals surface area contributed by atoms with Crippen molar-refractivity contribution in [3.05, 3.63) is 83.4 Å². The van der Waals surface area contributed by atoms with Crippen LogP contribution in [0.2, 0.25) is 0 Å². The van der Waals surface area contributed by atoms with E-state index in [9.17, 15) is 4.79 Å². The highest BCUT2D eigenvalue weighted by atomic mass is 32.1. The van der Waals surface area contributed by atoms with Crippen molar-refractivity contribution in [2.45, 2.75) is 0 Å². The zero-order chi connectivity index (χ0) is 14.5. The van der Waals surface area contributed by atoms with Gasteiger partial charge in [0.1, 0.15) is 5.01 Å². The molecule has 2 nitrogen and oxygen atoms in total. The molecule has 0 aliphatic carbocycles. The third-order valence-electron chi connectivity index (χ3n) is 3.10. The number of thiazole rings is 1. The molecule has 0 fully saturated rings. The van der Waals surface area contributed by atoms with Gasteiger partial charge in [0.15, 0.2) is 5.78 Å². The Morgan fingerprint density at radius 3 is 2.52 bits per heavy atom. The Balaban J connectivity index is 1.89. The summed E-state index contributed by atoms with van der Waals surface area (Å²) in [6.45, 7) is 0. The van der Waals surface area contributed by atoms with Gasteiger partial charge in [-0.05, 0) is 11.6 Å². The van der Waals surface area contributed by atoms with E-state index in [1.54, 1.807) is 23.6 Å². The van der Waals surface area contributed by atoms with E-state index in [1.165, 1.54) is 0 Å². The summed E-state index contributed by atoms with van der Waals surface area (Å²) in [6.07, 6.45) is 5.25. The van der Waals surface area contributed by atoms with E-state index in [-0.39, 0.29) is 5.78 Å². The van der Waals surface area contributed by atoms with Crippen LogP contribution in [0.4, 0.5) is 0 Å². The first-order chi connectivity index (χ1) is 10.3. The largest absolute Gasteiger partial charge is 0.289 e. The maximum Gasteiger partial charge on any atom is 0.185 e. The Morgan fingerprint density at radius 2 is 1.76 bits per heavy atom. The second kappa shape index (κ2) is 6.29. The molecular weight excluding hydrogens is 278 g/mol. The van der Waals surface area contributed by atoms with Crippen LogP contribution in [-0.4, -0.2) is 10.8 Å². The highest BCUT2D eigenvalue weighted by molar-refractivity contribution is 7.13. The van der Waals surface area contributed by atoms with E-state index in [0.29, 0.717) is 5.56 Å². The smallest absolute Gasteiger partial charge is 0.185 e. The molecule has 2 aromatic carbocycles. The predicted octanol–water partition coefficient (Wildman–Crippen LogP) is 4.71. The number of allylic oxidation sites excluding steroid dienone is 1. The molecule has 21 heavy (non-hydrogen) atoms. The zero-order valence-corrected chi connectivity index (χ0v) is 12.1. The van der Waals surface area contributed by atoms with Gasteiger partial charge in [-0.1, -0.05) is 60.7 Å². The van der Waals surface area contributed by atoms with Crippen LogP contribution in [0.1, 0.15) is 15.9 Å². The third kappa shape index (κ3) is 3.15. The van der Waals surface area contributed by atoms with Gasteiger partial charge in [0, 0.05) is 22.7 Å². The van der Waals surface area contributed by atoms with E-state index < -0.39 is 0 Å². The predicted molar refractivity (Wildman–Crippen MR) is 87.4 cm³/mol. The molecule has 0 aliphatic rings. The number of hydrogen-bond donors (Lipinski definition) is 0. The maximum absolute atomic E-state index is 12.1. The van der Waals surface area contributed by atoms with Crippen molar-refractivity contribution in [3.8, 4) is 10.6 Å². The molecule has 0 saturated carbocycles. The number of benzene rings is 2. The normalized spacial score (nSPS) is 10.9. The van der Waals surface area contributed by atoms with Crippen LogP contribution in [0.25, 0.3) is 16.6 Å². The van der Waals surface area contributed by atoms with Crippen LogP contribution in [0, 0.1) is 0 Å². The molecule has 0 unspecified atom stereocenters. The summed E-state index contributed by atoms with van der Waals surface area (Å²) in [6, 6.07) is 17.2.